The lowest BCUT2D eigenvalue weighted by molar-refractivity contribution is 0.0696. The number of para-hydroxylation sites is 2. The second-order valence-electron chi connectivity index (χ2n) is 4.40. The van der Waals surface area contributed by atoms with Gasteiger partial charge in [-0.15, -0.1) is 0 Å². The molecule has 1 heterocycles. The van der Waals surface area contributed by atoms with Crippen LogP contribution in [0.5, 0.6) is 0 Å². The van der Waals surface area contributed by atoms with Gasteiger partial charge in [0, 0.05) is 23.8 Å². The topological polar surface area (TPSA) is 62.2 Å². The third-order valence-electron chi connectivity index (χ3n) is 2.74. The maximum Gasteiger partial charge on any atom is 0.337 e. The molecule has 4 heteroatoms. The SMILES string of the molecule is O=C(O)c1cccnc1.c1ccc(Nc2ccccc2)cc1. The highest BCUT2D eigenvalue weighted by atomic mass is 16.4. The van der Waals surface area contributed by atoms with E-state index in [0.717, 1.165) is 11.4 Å². The molecule has 0 atom stereocenters. The monoisotopic (exact) mass is 292 g/mol. The molecule has 0 spiro atoms. The number of hydrogen-bond donors (Lipinski definition) is 2. The van der Waals surface area contributed by atoms with Crippen molar-refractivity contribution in [3.05, 3.63) is 90.8 Å². The van der Waals surface area contributed by atoms with Crippen LogP contribution >= 0.6 is 0 Å². The summed E-state index contributed by atoms with van der Waals surface area (Å²) in [6, 6.07) is 23.4. The molecule has 22 heavy (non-hydrogen) atoms. The fraction of sp³-hybridized carbons (Fsp3) is 0. The Bertz CT molecular complexity index is 649. The molecule has 2 N–H and O–H groups in total. The van der Waals surface area contributed by atoms with E-state index in [9.17, 15) is 4.79 Å². The number of nitrogens with zero attached hydrogens (tertiary/aromatic N) is 1. The predicted octanol–water partition coefficient (Wildman–Crippen LogP) is 4.21. The molecule has 2 aromatic carbocycles. The van der Waals surface area contributed by atoms with Crippen molar-refractivity contribution < 1.29 is 9.90 Å². The summed E-state index contributed by atoms with van der Waals surface area (Å²) in [6.45, 7) is 0. The summed E-state index contributed by atoms with van der Waals surface area (Å²) in [5.41, 5.74) is 2.46. The molecule has 0 unspecified atom stereocenters. The molecule has 0 aliphatic rings. The predicted molar refractivity (Wildman–Crippen MR) is 87.4 cm³/mol. The Balaban J connectivity index is 0.000000172. The van der Waals surface area contributed by atoms with Crippen molar-refractivity contribution in [1.82, 2.24) is 4.98 Å². The van der Waals surface area contributed by atoms with E-state index in [0.29, 0.717) is 0 Å². The van der Waals surface area contributed by atoms with Crippen LogP contribution < -0.4 is 5.32 Å². The first kappa shape index (κ1) is 15.3. The van der Waals surface area contributed by atoms with Gasteiger partial charge < -0.3 is 10.4 Å². The third-order valence-corrected chi connectivity index (χ3v) is 2.74. The number of benzene rings is 2. The summed E-state index contributed by atoms with van der Waals surface area (Å²) in [7, 11) is 0. The fourth-order valence-electron chi connectivity index (χ4n) is 1.70. The molecule has 0 aliphatic heterocycles. The molecule has 110 valence electrons. The molecule has 4 nitrogen and oxygen atoms in total. The lowest BCUT2D eigenvalue weighted by atomic mass is 10.3. The lowest BCUT2D eigenvalue weighted by Gasteiger charge is -2.04. The van der Waals surface area contributed by atoms with Gasteiger partial charge in [0.25, 0.3) is 0 Å². The first-order valence-electron chi connectivity index (χ1n) is 6.76. The van der Waals surface area contributed by atoms with Crippen LogP contribution in [0.2, 0.25) is 0 Å². The number of rotatable bonds is 3. The van der Waals surface area contributed by atoms with Gasteiger partial charge in [-0.3, -0.25) is 4.98 Å². The molecule has 0 saturated carbocycles. The number of aromatic nitrogens is 1. The van der Waals surface area contributed by atoms with Crippen molar-refractivity contribution in [3.8, 4) is 0 Å². The zero-order valence-electron chi connectivity index (χ0n) is 11.9. The van der Waals surface area contributed by atoms with Crippen LogP contribution in [-0.4, -0.2) is 16.1 Å². The minimum Gasteiger partial charge on any atom is -0.478 e. The summed E-state index contributed by atoms with van der Waals surface area (Å²) in [6.07, 6.45) is 2.84. The summed E-state index contributed by atoms with van der Waals surface area (Å²) in [5.74, 6) is -0.942. The van der Waals surface area contributed by atoms with Gasteiger partial charge in [0.05, 0.1) is 5.56 Å². The van der Waals surface area contributed by atoms with Gasteiger partial charge in [0.15, 0.2) is 0 Å². The number of hydrogen-bond acceptors (Lipinski definition) is 3. The summed E-state index contributed by atoms with van der Waals surface area (Å²) >= 11 is 0. The maximum atomic E-state index is 10.2. The third kappa shape index (κ3) is 5.09. The first-order valence-corrected chi connectivity index (χ1v) is 6.76. The van der Waals surface area contributed by atoms with E-state index in [2.05, 4.69) is 10.3 Å². The molecule has 0 saturated heterocycles. The van der Waals surface area contributed by atoms with Crippen LogP contribution in [0.15, 0.2) is 85.2 Å². The largest absolute Gasteiger partial charge is 0.478 e. The number of pyridine rings is 1. The zero-order chi connectivity index (χ0) is 15.6. The lowest BCUT2D eigenvalue weighted by Crippen LogP contribution is -1.94. The van der Waals surface area contributed by atoms with Gasteiger partial charge >= 0.3 is 5.97 Å². The van der Waals surface area contributed by atoms with Gasteiger partial charge in [-0.2, -0.15) is 0 Å². The number of anilines is 2. The van der Waals surface area contributed by atoms with Gasteiger partial charge in [0.2, 0.25) is 0 Å². The molecule has 0 bridgehead atoms. The molecule has 0 radical (unpaired) electrons. The van der Waals surface area contributed by atoms with Crippen molar-refractivity contribution in [2.24, 2.45) is 0 Å². The summed E-state index contributed by atoms with van der Waals surface area (Å²) in [5, 5.41) is 11.6. The Morgan fingerprint density at radius 1 is 0.818 bits per heavy atom. The van der Waals surface area contributed by atoms with Crippen molar-refractivity contribution in [2.75, 3.05) is 5.32 Å². The highest BCUT2D eigenvalue weighted by molar-refractivity contribution is 5.86. The molecule has 0 fully saturated rings. The van der Waals surface area contributed by atoms with E-state index in [1.807, 2.05) is 60.7 Å². The Morgan fingerprint density at radius 3 is 1.73 bits per heavy atom. The molecule has 1 aromatic heterocycles. The van der Waals surface area contributed by atoms with Crippen molar-refractivity contribution in [1.29, 1.82) is 0 Å². The van der Waals surface area contributed by atoms with Crippen LogP contribution in [0, 0.1) is 0 Å². The number of nitrogens with one attached hydrogen (secondary N) is 1. The van der Waals surface area contributed by atoms with Crippen LogP contribution in [0.1, 0.15) is 10.4 Å². The molecule has 0 aliphatic carbocycles. The second kappa shape index (κ2) is 8.21. The van der Waals surface area contributed by atoms with E-state index in [-0.39, 0.29) is 5.56 Å². The van der Waals surface area contributed by atoms with Crippen molar-refractivity contribution >= 4 is 17.3 Å². The normalized spacial score (nSPS) is 9.27. The average Bonchev–Trinajstić information content (AvgIpc) is 2.58. The highest BCUT2D eigenvalue weighted by Crippen LogP contribution is 2.14. The van der Waals surface area contributed by atoms with Crippen LogP contribution in [0.3, 0.4) is 0 Å². The van der Waals surface area contributed by atoms with E-state index in [1.165, 1.54) is 18.5 Å². The number of aromatic carboxylic acids is 1. The highest BCUT2D eigenvalue weighted by Gasteiger charge is 1.97. The van der Waals surface area contributed by atoms with E-state index in [1.54, 1.807) is 6.07 Å². The molecular weight excluding hydrogens is 276 g/mol. The number of carbonyl (C=O) groups is 1. The fourth-order valence-corrected chi connectivity index (χ4v) is 1.70. The Hall–Kier alpha value is -3.14. The minimum absolute atomic E-state index is 0.220. The Morgan fingerprint density at radius 2 is 1.36 bits per heavy atom. The van der Waals surface area contributed by atoms with Crippen LogP contribution in [-0.2, 0) is 0 Å². The standard InChI is InChI=1S/C12H11N.C6H5NO2/c1-3-7-11(8-4-1)13-12-9-5-2-6-10-12;8-6(9)5-2-1-3-7-4-5/h1-10,13H;1-4H,(H,8,9). The molecule has 3 aromatic rings. The Labute approximate surface area is 129 Å². The second-order valence-corrected chi connectivity index (χ2v) is 4.40. The van der Waals surface area contributed by atoms with Gasteiger partial charge in [0.1, 0.15) is 0 Å². The Kier molecular flexibility index (Phi) is 5.70. The number of carboxylic acid groups (broad SMARTS) is 1. The smallest absolute Gasteiger partial charge is 0.337 e. The van der Waals surface area contributed by atoms with Crippen LogP contribution in [0.25, 0.3) is 0 Å². The van der Waals surface area contributed by atoms with E-state index in [4.69, 9.17) is 5.11 Å². The van der Waals surface area contributed by atoms with Crippen molar-refractivity contribution in [2.45, 2.75) is 0 Å². The zero-order valence-corrected chi connectivity index (χ0v) is 11.9. The number of carboxylic acids is 1. The quantitative estimate of drug-likeness (QED) is 0.759. The van der Waals surface area contributed by atoms with Crippen LogP contribution in [0.4, 0.5) is 11.4 Å². The first-order chi connectivity index (χ1) is 10.8. The van der Waals surface area contributed by atoms with Crippen molar-refractivity contribution in [3.63, 3.8) is 0 Å². The minimum atomic E-state index is -0.942. The summed E-state index contributed by atoms with van der Waals surface area (Å²) < 4.78 is 0. The van der Waals surface area contributed by atoms with E-state index >= 15 is 0 Å². The van der Waals surface area contributed by atoms with Gasteiger partial charge in [-0.05, 0) is 36.4 Å². The van der Waals surface area contributed by atoms with Gasteiger partial charge in [-0.25, -0.2) is 4.79 Å². The molecule has 0 amide bonds. The molecule has 3 rings (SSSR count). The van der Waals surface area contributed by atoms with Gasteiger partial charge in [-0.1, -0.05) is 36.4 Å². The average molecular weight is 292 g/mol. The maximum absolute atomic E-state index is 10.2. The van der Waals surface area contributed by atoms with E-state index < -0.39 is 5.97 Å². The molecular formula is C18H16N2O2. The summed E-state index contributed by atoms with van der Waals surface area (Å²) in [4.78, 5) is 13.8.